The molecule has 0 aliphatic heterocycles. The van der Waals surface area contributed by atoms with E-state index in [2.05, 4.69) is 158 Å². The molecule has 0 saturated heterocycles. The monoisotopic (exact) mass is 720 g/mol. The fourth-order valence-electron chi connectivity index (χ4n) is 7.25. The molecular weight excluding hydrogens is 689 g/mol. The van der Waals surface area contributed by atoms with E-state index in [1.165, 1.54) is 31.7 Å². The van der Waals surface area contributed by atoms with Crippen LogP contribution >= 0.6 is 11.3 Å². The molecule has 258 valence electrons. The summed E-state index contributed by atoms with van der Waals surface area (Å²) < 4.78 is 1.18. The third-order valence-corrected chi connectivity index (χ3v) is 11.2. The van der Waals surface area contributed by atoms with Crippen LogP contribution in [-0.2, 0) is 0 Å². The smallest absolute Gasteiger partial charge is 0.164 e. The van der Waals surface area contributed by atoms with Gasteiger partial charge in [0.15, 0.2) is 17.5 Å². The second-order valence-corrected chi connectivity index (χ2v) is 14.4. The van der Waals surface area contributed by atoms with Gasteiger partial charge in [-0.2, -0.15) is 0 Å². The van der Waals surface area contributed by atoms with Crippen molar-refractivity contribution in [1.82, 2.24) is 19.9 Å². The van der Waals surface area contributed by atoms with Crippen LogP contribution in [0.15, 0.2) is 194 Å². The van der Waals surface area contributed by atoms with Gasteiger partial charge in [-0.25, -0.2) is 19.9 Å². The number of thiophene rings is 1. The number of para-hydroxylation sites is 1. The summed E-state index contributed by atoms with van der Waals surface area (Å²) in [5.74, 6) is 1.90. The Balaban J connectivity index is 1.13. The second-order valence-electron chi connectivity index (χ2n) is 13.4. The molecule has 10 aromatic rings. The lowest BCUT2D eigenvalue weighted by molar-refractivity contribution is 1.07. The maximum Gasteiger partial charge on any atom is 0.164 e. The normalized spacial score (nSPS) is 11.3. The van der Waals surface area contributed by atoms with Gasteiger partial charge in [0.2, 0.25) is 0 Å². The fraction of sp³-hybridized carbons (Fsp3) is 0. The predicted molar refractivity (Wildman–Crippen MR) is 229 cm³/mol. The van der Waals surface area contributed by atoms with Crippen LogP contribution in [-0.4, -0.2) is 19.9 Å². The SMILES string of the molecule is c1ccc(-c2ccc(-c3nc(-c4ccccc4)nc(-c4ccc(-c5c(-c6ccccc6)sc6c(-c7ccccc7)nc7ccccc7c56)cc4)n3)cc2)cc1. The molecule has 0 radical (unpaired) electrons. The van der Waals surface area contributed by atoms with Crippen molar-refractivity contribution in [2.24, 2.45) is 0 Å². The highest BCUT2D eigenvalue weighted by molar-refractivity contribution is 7.23. The van der Waals surface area contributed by atoms with E-state index in [0.29, 0.717) is 17.5 Å². The van der Waals surface area contributed by atoms with E-state index >= 15 is 0 Å². The van der Waals surface area contributed by atoms with Crippen LogP contribution in [0.3, 0.4) is 0 Å². The maximum absolute atomic E-state index is 5.24. The highest BCUT2D eigenvalue weighted by Gasteiger charge is 2.22. The summed E-state index contributed by atoms with van der Waals surface area (Å²) in [7, 11) is 0. The lowest BCUT2D eigenvalue weighted by Gasteiger charge is -2.11. The second kappa shape index (κ2) is 14.0. The zero-order chi connectivity index (χ0) is 36.6. The highest BCUT2D eigenvalue weighted by atomic mass is 32.1. The summed E-state index contributed by atoms with van der Waals surface area (Å²) in [6, 6.07) is 67.4. The van der Waals surface area contributed by atoms with Crippen LogP contribution in [0.25, 0.3) is 99.1 Å². The van der Waals surface area contributed by atoms with E-state index in [1.807, 2.05) is 47.7 Å². The molecule has 0 saturated carbocycles. The molecule has 0 fully saturated rings. The van der Waals surface area contributed by atoms with Crippen LogP contribution in [0.4, 0.5) is 0 Å². The van der Waals surface area contributed by atoms with Crippen molar-refractivity contribution in [3.8, 4) is 78.1 Å². The van der Waals surface area contributed by atoms with Crippen LogP contribution in [0.1, 0.15) is 0 Å². The molecule has 3 aromatic heterocycles. The van der Waals surface area contributed by atoms with Crippen LogP contribution in [0.2, 0.25) is 0 Å². The van der Waals surface area contributed by atoms with Gasteiger partial charge in [-0.3, -0.25) is 0 Å². The maximum atomic E-state index is 5.24. The van der Waals surface area contributed by atoms with Crippen molar-refractivity contribution in [2.45, 2.75) is 0 Å². The minimum atomic E-state index is 0.627. The van der Waals surface area contributed by atoms with Crippen molar-refractivity contribution < 1.29 is 0 Å². The van der Waals surface area contributed by atoms with Gasteiger partial charge in [0.25, 0.3) is 0 Å². The summed E-state index contributed by atoms with van der Waals surface area (Å²) in [5, 5.41) is 2.36. The average molecular weight is 721 g/mol. The Morgan fingerprint density at radius 3 is 1.27 bits per heavy atom. The van der Waals surface area contributed by atoms with E-state index in [9.17, 15) is 0 Å². The van der Waals surface area contributed by atoms with Gasteiger partial charge in [0, 0.05) is 43.5 Å². The topological polar surface area (TPSA) is 51.6 Å². The molecule has 0 aliphatic rings. The summed E-state index contributed by atoms with van der Waals surface area (Å²) in [4.78, 5) is 21.5. The molecule has 0 spiro atoms. The van der Waals surface area contributed by atoms with Crippen LogP contribution < -0.4 is 0 Å². The minimum absolute atomic E-state index is 0.627. The van der Waals surface area contributed by atoms with Crippen LogP contribution in [0.5, 0.6) is 0 Å². The van der Waals surface area contributed by atoms with Crippen molar-refractivity contribution in [2.75, 3.05) is 0 Å². The van der Waals surface area contributed by atoms with Crippen LogP contribution in [0, 0.1) is 0 Å². The zero-order valence-electron chi connectivity index (χ0n) is 29.7. The third kappa shape index (κ3) is 6.17. The Bertz CT molecular complexity index is 2930. The zero-order valence-corrected chi connectivity index (χ0v) is 30.5. The third-order valence-electron chi connectivity index (χ3n) is 9.96. The first kappa shape index (κ1) is 32.6. The molecular formula is C50H32N4S. The Labute approximate surface area is 323 Å². The number of fused-ring (bicyclic) bond motifs is 3. The largest absolute Gasteiger partial charge is 0.246 e. The summed E-state index contributed by atoms with van der Waals surface area (Å²) in [5.41, 5.74) is 11.7. The first-order valence-electron chi connectivity index (χ1n) is 18.3. The van der Waals surface area contributed by atoms with Gasteiger partial charge in [-0.15, -0.1) is 11.3 Å². The molecule has 0 N–H and O–H groups in total. The predicted octanol–water partition coefficient (Wildman–Crippen LogP) is 13.3. The number of pyridine rings is 1. The van der Waals surface area contributed by atoms with E-state index < -0.39 is 0 Å². The molecule has 0 amide bonds. The minimum Gasteiger partial charge on any atom is -0.246 e. The van der Waals surface area contributed by atoms with E-state index in [1.54, 1.807) is 0 Å². The van der Waals surface area contributed by atoms with Gasteiger partial charge in [0.05, 0.1) is 15.9 Å². The molecule has 5 heteroatoms. The van der Waals surface area contributed by atoms with E-state index in [-0.39, 0.29) is 0 Å². The molecule has 7 aromatic carbocycles. The highest BCUT2D eigenvalue weighted by Crippen LogP contribution is 2.50. The van der Waals surface area contributed by atoms with Crippen molar-refractivity contribution >= 4 is 32.3 Å². The van der Waals surface area contributed by atoms with Crippen molar-refractivity contribution in [3.63, 3.8) is 0 Å². The number of nitrogens with zero attached hydrogens (tertiary/aromatic N) is 4. The molecule has 0 aliphatic carbocycles. The Morgan fingerprint density at radius 2 is 0.709 bits per heavy atom. The van der Waals surface area contributed by atoms with Crippen molar-refractivity contribution in [3.05, 3.63) is 194 Å². The first-order valence-corrected chi connectivity index (χ1v) is 19.1. The number of rotatable bonds is 7. The van der Waals surface area contributed by atoms with Crippen molar-refractivity contribution in [1.29, 1.82) is 0 Å². The number of aromatic nitrogens is 4. The lowest BCUT2D eigenvalue weighted by Crippen LogP contribution is -2.00. The molecule has 0 atom stereocenters. The molecule has 55 heavy (non-hydrogen) atoms. The van der Waals surface area contributed by atoms with Gasteiger partial charge in [-0.05, 0) is 28.3 Å². The summed E-state index contributed by atoms with van der Waals surface area (Å²) in [6.07, 6.45) is 0. The summed E-state index contributed by atoms with van der Waals surface area (Å²) >= 11 is 1.81. The first-order chi connectivity index (χ1) is 27.3. The van der Waals surface area contributed by atoms with Gasteiger partial charge < -0.3 is 0 Å². The summed E-state index contributed by atoms with van der Waals surface area (Å²) in [6.45, 7) is 0. The number of hydrogen-bond donors (Lipinski definition) is 0. The Morgan fingerprint density at radius 1 is 0.309 bits per heavy atom. The molecule has 0 bridgehead atoms. The Hall–Kier alpha value is -7.08. The van der Waals surface area contributed by atoms with Gasteiger partial charge in [-0.1, -0.05) is 188 Å². The molecule has 10 rings (SSSR count). The number of hydrogen-bond acceptors (Lipinski definition) is 5. The van der Waals surface area contributed by atoms with Gasteiger partial charge >= 0.3 is 0 Å². The molecule has 4 nitrogen and oxygen atoms in total. The fourth-order valence-corrected chi connectivity index (χ4v) is 8.60. The quantitative estimate of drug-likeness (QED) is 0.164. The van der Waals surface area contributed by atoms with Gasteiger partial charge in [0.1, 0.15) is 0 Å². The lowest BCUT2D eigenvalue weighted by atomic mass is 9.95. The molecule has 0 unspecified atom stereocenters. The molecule has 3 heterocycles. The average Bonchev–Trinajstić information content (AvgIpc) is 3.68. The number of benzene rings is 7. The Kier molecular flexibility index (Phi) is 8.32. The van der Waals surface area contributed by atoms with E-state index in [4.69, 9.17) is 19.9 Å². The van der Waals surface area contributed by atoms with E-state index in [0.717, 1.165) is 50.0 Å². The standard InChI is InChI=1S/C50H32N4S/c1-5-15-33(16-6-1)34-25-29-39(30-26-34)49-52-48(38-21-11-4-12-22-38)53-50(54-49)40-31-27-35(28-32-40)43-44-41-23-13-14-24-42(41)51-45(36-17-7-2-8-18-36)47(44)55-46(43)37-19-9-3-10-20-37/h1-32H.